The summed E-state index contributed by atoms with van der Waals surface area (Å²) in [7, 11) is 0. The Morgan fingerprint density at radius 1 is 1.44 bits per heavy atom. The molecule has 0 aliphatic carbocycles. The summed E-state index contributed by atoms with van der Waals surface area (Å²) >= 11 is 5.99. The van der Waals surface area contributed by atoms with Gasteiger partial charge in [0, 0.05) is 0 Å². The first-order valence-corrected chi connectivity index (χ1v) is 5.96. The molecule has 2 heterocycles. The summed E-state index contributed by atoms with van der Waals surface area (Å²) in [4.78, 5) is 15.1. The molecule has 1 aliphatic rings. The summed E-state index contributed by atoms with van der Waals surface area (Å²) in [5.41, 5.74) is 1.16. The van der Waals surface area contributed by atoms with E-state index < -0.39 is 18.2 Å². The van der Waals surface area contributed by atoms with Crippen LogP contribution in [0.2, 0.25) is 5.02 Å². The number of carboxylic acid groups (broad SMARTS) is 1. The van der Waals surface area contributed by atoms with Crippen molar-refractivity contribution in [2.75, 3.05) is 0 Å². The highest BCUT2D eigenvalue weighted by Gasteiger charge is 2.34. The Labute approximate surface area is 107 Å². The number of carbonyl (C=O) groups is 1. The summed E-state index contributed by atoms with van der Waals surface area (Å²) in [5.74, 6) is -0.562. The zero-order valence-corrected chi connectivity index (χ0v) is 10.1. The number of ether oxygens (including phenoxy) is 1. The number of para-hydroxylation sites is 1. The van der Waals surface area contributed by atoms with E-state index in [4.69, 9.17) is 25.9 Å². The summed E-state index contributed by atoms with van der Waals surface area (Å²) in [6.45, 7) is 0. The number of oxazole rings is 1. The van der Waals surface area contributed by atoms with Crippen molar-refractivity contribution < 1.29 is 19.1 Å². The molecule has 2 aromatic rings. The molecule has 0 spiro atoms. The normalized spacial score (nSPS) is 23.6. The van der Waals surface area contributed by atoms with Crippen molar-refractivity contribution in [1.29, 1.82) is 0 Å². The molecule has 2 unspecified atom stereocenters. The van der Waals surface area contributed by atoms with Crippen LogP contribution in [0.4, 0.5) is 0 Å². The quantitative estimate of drug-likeness (QED) is 0.906. The monoisotopic (exact) mass is 267 g/mol. The maximum atomic E-state index is 10.8. The third-order valence-corrected chi connectivity index (χ3v) is 3.25. The minimum Gasteiger partial charge on any atom is -0.479 e. The Hall–Kier alpha value is -1.59. The molecule has 0 amide bonds. The molecule has 1 aromatic heterocycles. The summed E-state index contributed by atoms with van der Waals surface area (Å²) < 4.78 is 10.9. The smallest absolute Gasteiger partial charge is 0.332 e. The Morgan fingerprint density at radius 2 is 2.28 bits per heavy atom. The van der Waals surface area contributed by atoms with Crippen LogP contribution in [0.5, 0.6) is 0 Å². The zero-order chi connectivity index (χ0) is 12.7. The molecule has 1 aliphatic heterocycles. The fourth-order valence-electron chi connectivity index (χ4n) is 2.07. The van der Waals surface area contributed by atoms with Crippen molar-refractivity contribution in [3.8, 4) is 0 Å². The van der Waals surface area contributed by atoms with E-state index in [1.165, 1.54) is 0 Å². The lowest BCUT2D eigenvalue weighted by atomic mass is 10.2. The van der Waals surface area contributed by atoms with E-state index in [1.54, 1.807) is 18.2 Å². The first-order valence-electron chi connectivity index (χ1n) is 5.58. The minimum absolute atomic E-state index is 0.391. The standard InChI is InChI=1S/C12H10ClNO4/c13-6-2-1-3-7-10(6)18-11(14-7)8-4-5-9(17-8)12(15)16/h1-3,8-9H,4-5H2,(H,15,16). The van der Waals surface area contributed by atoms with Crippen LogP contribution in [0.1, 0.15) is 24.8 Å². The molecule has 1 N–H and O–H groups in total. The first kappa shape index (κ1) is 11.5. The van der Waals surface area contributed by atoms with E-state index in [-0.39, 0.29) is 0 Å². The highest BCUT2D eigenvalue weighted by Crippen LogP contribution is 2.35. The van der Waals surface area contributed by atoms with E-state index in [0.29, 0.717) is 34.9 Å². The predicted molar refractivity (Wildman–Crippen MR) is 63.5 cm³/mol. The number of fused-ring (bicyclic) bond motifs is 1. The molecule has 1 aromatic carbocycles. The van der Waals surface area contributed by atoms with Gasteiger partial charge in [-0.25, -0.2) is 9.78 Å². The average Bonchev–Trinajstić information content (AvgIpc) is 2.95. The van der Waals surface area contributed by atoms with Crippen LogP contribution in [-0.2, 0) is 9.53 Å². The molecule has 6 heteroatoms. The van der Waals surface area contributed by atoms with Gasteiger partial charge in [0.1, 0.15) is 11.6 Å². The van der Waals surface area contributed by atoms with Crippen molar-refractivity contribution in [2.45, 2.75) is 25.0 Å². The molecule has 0 saturated carbocycles. The summed E-state index contributed by atoms with van der Waals surface area (Å²) in [6.07, 6.45) is -0.136. The SMILES string of the molecule is O=C(O)C1CCC(c2nc3cccc(Cl)c3o2)O1. The molecule has 5 nitrogen and oxygen atoms in total. The van der Waals surface area contributed by atoms with Crippen LogP contribution in [0.3, 0.4) is 0 Å². The second-order valence-electron chi connectivity index (χ2n) is 4.17. The molecule has 1 saturated heterocycles. The van der Waals surface area contributed by atoms with Crippen molar-refractivity contribution >= 4 is 28.7 Å². The lowest BCUT2D eigenvalue weighted by molar-refractivity contribution is -0.149. The minimum atomic E-state index is -0.952. The van der Waals surface area contributed by atoms with Crippen LogP contribution < -0.4 is 0 Å². The number of halogens is 1. The van der Waals surface area contributed by atoms with Crippen LogP contribution >= 0.6 is 11.6 Å². The van der Waals surface area contributed by atoms with E-state index in [2.05, 4.69) is 4.98 Å². The fourth-order valence-corrected chi connectivity index (χ4v) is 2.28. The van der Waals surface area contributed by atoms with Gasteiger partial charge in [0.05, 0.1) is 5.02 Å². The number of carboxylic acids is 1. The number of aromatic nitrogens is 1. The van der Waals surface area contributed by atoms with Gasteiger partial charge < -0.3 is 14.3 Å². The number of benzene rings is 1. The average molecular weight is 268 g/mol. The number of hydrogen-bond acceptors (Lipinski definition) is 4. The molecular formula is C12H10ClNO4. The lowest BCUT2D eigenvalue weighted by Gasteiger charge is -2.06. The van der Waals surface area contributed by atoms with Crippen molar-refractivity contribution in [1.82, 2.24) is 4.98 Å². The third-order valence-electron chi connectivity index (χ3n) is 2.95. The van der Waals surface area contributed by atoms with Crippen LogP contribution in [-0.4, -0.2) is 22.2 Å². The largest absolute Gasteiger partial charge is 0.479 e. The Balaban J connectivity index is 1.92. The second-order valence-corrected chi connectivity index (χ2v) is 4.58. The number of aliphatic carboxylic acids is 1. The van der Waals surface area contributed by atoms with Gasteiger partial charge in [-0.2, -0.15) is 0 Å². The van der Waals surface area contributed by atoms with Crippen molar-refractivity contribution in [3.05, 3.63) is 29.1 Å². The molecule has 94 valence electrons. The molecule has 0 radical (unpaired) electrons. The van der Waals surface area contributed by atoms with Crippen LogP contribution in [0, 0.1) is 0 Å². The van der Waals surface area contributed by atoms with E-state index in [1.807, 2.05) is 0 Å². The third kappa shape index (κ3) is 1.85. The predicted octanol–water partition coefficient (Wildman–Crippen LogP) is 2.79. The highest BCUT2D eigenvalue weighted by molar-refractivity contribution is 6.34. The van der Waals surface area contributed by atoms with Gasteiger partial charge in [-0.05, 0) is 25.0 Å². The number of hydrogen-bond donors (Lipinski definition) is 1. The Morgan fingerprint density at radius 3 is 2.94 bits per heavy atom. The molecular weight excluding hydrogens is 258 g/mol. The van der Waals surface area contributed by atoms with E-state index >= 15 is 0 Å². The number of rotatable bonds is 2. The maximum Gasteiger partial charge on any atom is 0.332 e. The molecule has 18 heavy (non-hydrogen) atoms. The molecule has 0 bridgehead atoms. The molecule has 2 atom stereocenters. The second kappa shape index (κ2) is 4.26. The summed E-state index contributed by atoms with van der Waals surface area (Å²) in [6, 6.07) is 5.29. The van der Waals surface area contributed by atoms with Gasteiger partial charge in [-0.15, -0.1) is 0 Å². The number of nitrogens with zero attached hydrogens (tertiary/aromatic N) is 1. The first-order chi connectivity index (χ1) is 8.65. The Bertz CT molecular complexity index is 609. The van der Waals surface area contributed by atoms with Gasteiger partial charge in [0.25, 0.3) is 0 Å². The van der Waals surface area contributed by atoms with Crippen molar-refractivity contribution in [3.63, 3.8) is 0 Å². The zero-order valence-electron chi connectivity index (χ0n) is 9.30. The molecule has 1 fully saturated rings. The van der Waals surface area contributed by atoms with E-state index in [9.17, 15) is 4.79 Å². The fraction of sp³-hybridized carbons (Fsp3) is 0.333. The van der Waals surface area contributed by atoms with Gasteiger partial charge in [-0.1, -0.05) is 17.7 Å². The van der Waals surface area contributed by atoms with Crippen molar-refractivity contribution in [2.24, 2.45) is 0 Å². The van der Waals surface area contributed by atoms with E-state index in [0.717, 1.165) is 0 Å². The maximum absolute atomic E-state index is 10.8. The van der Waals surface area contributed by atoms with Gasteiger partial charge in [-0.3, -0.25) is 0 Å². The lowest BCUT2D eigenvalue weighted by Crippen LogP contribution is -2.18. The Kier molecular flexibility index (Phi) is 2.72. The molecule has 3 rings (SSSR count). The highest BCUT2D eigenvalue weighted by atomic mass is 35.5. The van der Waals surface area contributed by atoms with Gasteiger partial charge in [0.2, 0.25) is 5.89 Å². The topological polar surface area (TPSA) is 72.6 Å². The summed E-state index contributed by atoms with van der Waals surface area (Å²) in [5, 5.41) is 9.35. The van der Waals surface area contributed by atoms with Gasteiger partial charge in [0.15, 0.2) is 11.7 Å². The van der Waals surface area contributed by atoms with Crippen LogP contribution in [0.25, 0.3) is 11.1 Å². The van der Waals surface area contributed by atoms with Crippen LogP contribution in [0.15, 0.2) is 22.6 Å². The van der Waals surface area contributed by atoms with Gasteiger partial charge >= 0.3 is 5.97 Å².